The number of hydrogen-bond donors (Lipinski definition) is 0. The molecule has 4 nitrogen and oxygen atoms in total. The van der Waals surface area contributed by atoms with Crippen LogP contribution in [0.2, 0.25) is 0 Å². The van der Waals surface area contributed by atoms with Crippen LogP contribution in [0.15, 0.2) is 23.3 Å². The van der Waals surface area contributed by atoms with Crippen molar-refractivity contribution in [2.75, 3.05) is 6.61 Å². The molecule has 0 radical (unpaired) electrons. The van der Waals surface area contributed by atoms with Gasteiger partial charge in [-0.15, -0.1) is 0 Å². The fourth-order valence-corrected chi connectivity index (χ4v) is 8.27. The topological polar surface area (TPSA) is 60.4 Å². The second-order valence-corrected chi connectivity index (χ2v) is 10.7. The number of esters is 1. The molecule has 0 bridgehead atoms. The van der Waals surface area contributed by atoms with E-state index >= 15 is 4.39 Å². The molecule has 0 aromatic carbocycles. The quantitative estimate of drug-likeness (QED) is 0.448. The van der Waals surface area contributed by atoms with E-state index in [4.69, 9.17) is 4.74 Å². The number of ketones is 2. The summed E-state index contributed by atoms with van der Waals surface area (Å²) in [4.78, 5) is 35.5. The van der Waals surface area contributed by atoms with E-state index in [0.717, 1.165) is 12.0 Å². The molecular weight excluding hydrogens is 439 g/mol. The molecule has 0 heterocycles. The van der Waals surface area contributed by atoms with Crippen molar-refractivity contribution in [1.29, 1.82) is 0 Å². The molecule has 4 aliphatic carbocycles. The van der Waals surface area contributed by atoms with Crippen LogP contribution in [0.4, 0.5) is 4.39 Å². The first-order chi connectivity index (χ1) is 13.5. The van der Waals surface area contributed by atoms with Gasteiger partial charge in [-0.25, -0.2) is 4.39 Å². The number of alkyl halides is 2. The van der Waals surface area contributed by atoms with E-state index in [1.54, 1.807) is 6.08 Å². The van der Waals surface area contributed by atoms with Gasteiger partial charge < -0.3 is 4.74 Å². The van der Waals surface area contributed by atoms with Crippen molar-refractivity contribution < 1.29 is 23.5 Å². The molecule has 29 heavy (non-hydrogen) atoms. The Balaban J connectivity index is 1.67. The number of halogens is 2. The Bertz CT molecular complexity index is 848. The van der Waals surface area contributed by atoms with Crippen molar-refractivity contribution in [2.24, 2.45) is 22.7 Å². The zero-order valence-corrected chi connectivity index (χ0v) is 18.8. The standard InChI is InChI=1S/C23H28BrFO4/c1-13(26)29-12-19(28)18-7-6-16-17-5-4-14-10-15(27)8-9-22(14,3)23(17,25)20(24)11-21(16,18)2/h7,10,16-17,20H,4-6,8-9,11-12H2,1-3H3/t16-,17-,20?,21-,22-,23-/m0/s1. The van der Waals surface area contributed by atoms with Crippen LogP contribution in [0.3, 0.4) is 0 Å². The highest BCUT2D eigenvalue weighted by Gasteiger charge is 2.69. The monoisotopic (exact) mass is 466 g/mol. The molecule has 0 saturated heterocycles. The first-order valence-corrected chi connectivity index (χ1v) is 11.4. The Morgan fingerprint density at radius 2 is 2.00 bits per heavy atom. The second kappa shape index (κ2) is 6.86. The van der Waals surface area contributed by atoms with Crippen molar-refractivity contribution in [3.8, 4) is 0 Å². The molecule has 2 saturated carbocycles. The van der Waals surface area contributed by atoms with Gasteiger partial charge in [0.25, 0.3) is 0 Å². The third kappa shape index (κ3) is 2.84. The molecule has 6 atom stereocenters. The van der Waals surface area contributed by atoms with Gasteiger partial charge in [-0.2, -0.15) is 0 Å². The van der Waals surface area contributed by atoms with Crippen molar-refractivity contribution in [2.45, 2.75) is 69.8 Å². The Morgan fingerprint density at radius 1 is 1.28 bits per heavy atom. The number of allylic oxidation sites excluding steroid dienone is 3. The van der Waals surface area contributed by atoms with Gasteiger partial charge in [-0.3, -0.25) is 14.4 Å². The average molecular weight is 467 g/mol. The summed E-state index contributed by atoms with van der Waals surface area (Å²) in [6.45, 7) is 5.09. The first-order valence-electron chi connectivity index (χ1n) is 10.5. The van der Waals surface area contributed by atoms with Crippen molar-refractivity contribution in [3.63, 3.8) is 0 Å². The summed E-state index contributed by atoms with van der Waals surface area (Å²) in [5, 5.41) is 0. The summed E-state index contributed by atoms with van der Waals surface area (Å²) < 4.78 is 22.0. The lowest BCUT2D eigenvalue weighted by atomic mass is 9.45. The lowest BCUT2D eigenvalue weighted by Gasteiger charge is -2.63. The van der Waals surface area contributed by atoms with Crippen LogP contribution in [0.25, 0.3) is 0 Å². The highest BCUT2D eigenvalue weighted by Crippen LogP contribution is 2.69. The Kier molecular flexibility index (Phi) is 4.96. The Hall–Kier alpha value is -1.30. The van der Waals surface area contributed by atoms with Gasteiger partial charge in [-0.1, -0.05) is 41.4 Å². The van der Waals surface area contributed by atoms with Crippen LogP contribution < -0.4 is 0 Å². The summed E-state index contributed by atoms with van der Waals surface area (Å²) in [5.74, 6) is -0.700. The van der Waals surface area contributed by atoms with Gasteiger partial charge in [0, 0.05) is 29.7 Å². The number of fused-ring (bicyclic) bond motifs is 5. The van der Waals surface area contributed by atoms with Gasteiger partial charge >= 0.3 is 5.97 Å². The average Bonchev–Trinajstić information content (AvgIpc) is 2.98. The summed E-state index contributed by atoms with van der Waals surface area (Å²) >= 11 is 3.70. The third-order valence-corrected chi connectivity index (χ3v) is 9.28. The van der Waals surface area contributed by atoms with Crippen LogP contribution >= 0.6 is 15.9 Å². The van der Waals surface area contributed by atoms with Crippen molar-refractivity contribution in [1.82, 2.24) is 0 Å². The molecule has 0 aromatic rings. The minimum Gasteiger partial charge on any atom is -0.457 e. The van der Waals surface area contributed by atoms with E-state index in [-0.39, 0.29) is 30.0 Å². The molecule has 0 aromatic heterocycles. The lowest BCUT2D eigenvalue weighted by Crippen LogP contribution is -2.65. The fraction of sp³-hybridized carbons (Fsp3) is 0.696. The highest BCUT2D eigenvalue weighted by molar-refractivity contribution is 9.09. The Morgan fingerprint density at radius 3 is 2.69 bits per heavy atom. The van der Waals surface area contributed by atoms with Crippen LogP contribution in [0.5, 0.6) is 0 Å². The van der Waals surface area contributed by atoms with Crippen LogP contribution in [0.1, 0.15) is 59.3 Å². The van der Waals surface area contributed by atoms with Gasteiger partial charge in [-0.05, 0) is 50.0 Å². The zero-order chi connectivity index (χ0) is 21.2. The predicted octanol–water partition coefficient (Wildman–Crippen LogP) is 4.65. The first kappa shape index (κ1) is 21.0. The van der Waals surface area contributed by atoms with E-state index in [1.165, 1.54) is 6.92 Å². The van der Waals surface area contributed by atoms with Crippen molar-refractivity contribution >= 4 is 33.5 Å². The number of carbonyl (C=O) groups is 3. The highest BCUT2D eigenvalue weighted by atomic mass is 79.9. The molecule has 0 amide bonds. The summed E-state index contributed by atoms with van der Waals surface area (Å²) in [5.41, 5.74) is -0.903. The number of Topliss-reactive ketones (excluding diaryl/α,β-unsaturated/α-hetero) is 1. The smallest absolute Gasteiger partial charge is 0.303 e. The van der Waals surface area contributed by atoms with E-state index in [1.807, 2.05) is 13.0 Å². The maximum atomic E-state index is 17.1. The maximum Gasteiger partial charge on any atom is 0.303 e. The minimum absolute atomic E-state index is 0.0357. The Labute approximate surface area is 179 Å². The number of ether oxygens (including phenoxy) is 1. The lowest BCUT2D eigenvalue weighted by molar-refractivity contribution is -0.146. The summed E-state index contributed by atoms with van der Waals surface area (Å²) in [6.07, 6.45) is 7.18. The van der Waals surface area contributed by atoms with Crippen LogP contribution in [-0.2, 0) is 19.1 Å². The molecule has 0 N–H and O–H groups in total. The SMILES string of the molecule is CC(=O)OCC(=O)C1=CC[C@H]2[C@@H]3CCC4=CC(=O)CC[C@]4(C)[C@@]3(F)C(Br)C[C@]12C. The van der Waals surface area contributed by atoms with E-state index in [9.17, 15) is 14.4 Å². The molecule has 158 valence electrons. The summed E-state index contributed by atoms with van der Waals surface area (Å²) in [7, 11) is 0. The number of carbonyl (C=O) groups excluding carboxylic acids is 3. The van der Waals surface area contributed by atoms with E-state index < -0.39 is 27.3 Å². The van der Waals surface area contributed by atoms with Gasteiger partial charge in [0.1, 0.15) is 5.67 Å². The van der Waals surface area contributed by atoms with E-state index in [0.29, 0.717) is 37.7 Å². The number of hydrogen-bond acceptors (Lipinski definition) is 4. The molecule has 6 heteroatoms. The van der Waals surface area contributed by atoms with Crippen LogP contribution in [0, 0.1) is 22.7 Å². The molecule has 1 unspecified atom stereocenters. The van der Waals surface area contributed by atoms with Crippen LogP contribution in [-0.4, -0.2) is 34.6 Å². The maximum absolute atomic E-state index is 17.1. The molecule has 4 rings (SSSR count). The zero-order valence-electron chi connectivity index (χ0n) is 17.2. The molecule has 2 fully saturated rings. The van der Waals surface area contributed by atoms with Gasteiger partial charge in [0.15, 0.2) is 18.2 Å². The molecule has 4 aliphatic rings. The molecule has 0 spiro atoms. The molecular formula is C23H28BrFO4. The van der Waals surface area contributed by atoms with Crippen molar-refractivity contribution in [3.05, 3.63) is 23.3 Å². The van der Waals surface area contributed by atoms with Gasteiger partial charge in [0.2, 0.25) is 0 Å². The fourth-order valence-electron chi connectivity index (χ4n) is 6.75. The summed E-state index contributed by atoms with van der Waals surface area (Å²) in [6, 6.07) is 0. The largest absolute Gasteiger partial charge is 0.457 e. The normalized spacial score (nSPS) is 43.5. The second-order valence-electron chi connectivity index (χ2n) is 9.63. The van der Waals surface area contributed by atoms with Gasteiger partial charge in [0.05, 0.1) is 4.83 Å². The third-order valence-electron chi connectivity index (χ3n) is 8.29. The number of rotatable bonds is 3. The predicted molar refractivity (Wildman–Crippen MR) is 110 cm³/mol. The van der Waals surface area contributed by atoms with E-state index in [2.05, 4.69) is 22.9 Å². The molecule has 0 aliphatic heterocycles. The minimum atomic E-state index is -1.45.